The zero-order chi connectivity index (χ0) is 13.5. The molecule has 0 heterocycles. The van der Waals surface area contributed by atoms with Crippen molar-refractivity contribution in [2.75, 3.05) is 26.2 Å². The molecule has 0 bridgehead atoms. The van der Waals surface area contributed by atoms with E-state index in [-0.39, 0.29) is 0 Å². The molecule has 18 heavy (non-hydrogen) atoms. The Kier molecular flexibility index (Phi) is 6.09. The van der Waals surface area contributed by atoms with Crippen molar-refractivity contribution in [3.63, 3.8) is 0 Å². The minimum Gasteiger partial charge on any atom is -0.492 e. The van der Waals surface area contributed by atoms with Crippen LogP contribution in [0.15, 0.2) is 18.2 Å². The van der Waals surface area contributed by atoms with E-state index in [1.54, 1.807) is 0 Å². The lowest BCUT2D eigenvalue weighted by molar-refractivity contribution is 0.222. The van der Waals surface area contributed by atoms with Crippen molar-refractivity contribution in [3.05, 3.63) is 29.3 Å². The molecule has 0 aliphatic heterocycles. The summed E-state index contributed by atoms with van der Waals surface area (Å²) in [7, 11) is 0. The van der Waals surface area contributed by atoms with E-state index in [2.05, 4.69) is 18.7 Å². The van der Waals surface area contributed by atoms with Crippen molar-refractivity contribution in [3.8, 4) is 5.75 Å². The molecule has 0 spiro atoms. The minimum atomic E-state index is 0.386. The first-order chi connectivity index (χ1) is 8.58. The number of hydrogen-bond acceptors (Lipinski definition) is 3. The molecule has 1 aromatic rings. The van der Waals surface area contributed by atoms with E-state index >= 15 is 0 Å². The minimum absolute atomic E-state index is 0.386. The van der Waals surface area contributed by atoms with Gasteiger partial charge >= 0.3 is 0 Å². The first-order valence-corrected chi connectivity index (χ1v) is 6.74. The maximum Gasteiger partial charge on any atom is 0.129 e. The Labute approximate surface area is 115 Å². The fourth-order valence-corrected chi connectivity index (χ4v) is 1.95. The quantitative estimate of drug-likeness (QED) is 0.769. The summed E-state index contributed by atoms with van der Waals surface area (Å²) < 4.78 is 5.78. The van der Waals surface area contributed by atoms with Gasteiger partial charge in [0.25, 0.3) is 0 Å². The van der Waals surface area contributed by atoms with E-state index in [1.165, 1.54) is 0 Å². The SMILES string of the molecule is CCN(CC)CCOc1ccc(C)cc1C(N)=S. The molecule has 0 saturated heterocycles. The number of likely N-dealkylation sites (N-methyl/N-ethyl adjacent to an activating group) is 1. The van der Waals surface area contributed by atoms with Crippen molar-refractivity contribution in [1.29, 1.82) is 0 Å². The number of nitrogens with two attached hydrogens (primary N) is 1. The van der Waals surface area contributed by atoms with Gasteiger partial charge in [-0.1, -0.05) is 37.7 Å². The second kappa shape index (κ2) is 7.34. The first-order valence-electron chi connectivity index (χ1n) is 6.34. The lowest BCUT2D eigenvalue weighted by Crippen LogP contribution is -2.28. The molecule has 0 aromatic heterocycles. The monoisotopic (exact) mass is 266 g/mol. The van der Waals surface area contributed by atoms with Gasteiger partial charge in [0.15, 0.2) is 0 Å². The standard InChI is InChI=1S/C14H22N2OS/c1-4-16(5-2)8-9-17-13-7-6-11(3)10-12(13)14(15)18/h6-7,10H,4-5,8-9H2,1-3H3,(H2,15,18). The van der Waals surface area contributed by atoms with Gasteiger partial charge in [0.05, 0.1) is 5.56 Å². The highest BCUT2D eigenvalue weighted by Crippen LogP contribution is 2.19. The van der Waals surface area contributed by atoms with Crippen LogP contribution in [0.4, 0.5) is 0 Å². The second-order valence-electron chi connectivity index (χ2n) is 4.24. The van der Waals surface area contributed by atoms with E-state index < -0.39 is 0 Å². The van der Waals surface area contributed by atoms with Gasteiger partial charge in [0, 0.05) is 6.54 Å². The van der Waals surface area contributed by atoms with Crippen LogP contribution in [0.3, 0.4) is 0 Å². The number of benzene rings is 1. The molecule has 0 fully saturated rings. The Hall–Kier alpha value is -1.13. The number of aryl methyl sites for hydroxylation is 1. The predicted molar refractivity (Wildman–Crippen MR) is 80.3 cm³/mol. The Morgan fingerprint density at radius 1 is 1.33 bits per heavy atom. The largest absolute Gasteiger partial charge is 0.492 e. The van der Waals surface area contributed by atoms with Gasteiger partial charge in [-0.25, -0.2) is 0 Å². The summed E-state index contributed by atoms with van der Waals surface area (Å²) in [5.74, 6) is 0.778. The molecule has 0 aliphatic rings. The van der Waals surface area contributed by atoms with E-state index in [9.17, 15) is 0 Å². The van der Waals surface area contributed by atoms with Crippen molar-refractivity contribution >= 4 is 17.2 Å². The van der Waals surface area contributed by atoms with Gasteiger partial charge in [0.2, 0.25) is 0 Å². The Balaban J connectivity index is 2.64. The average molecular weight is 266 g/mol. The second-order valence-corrected chi connectivity index (χ2v) is 4.68. The van der Waals surface area contributed by atoms with Gasteiger partial charge in [-0.3, -0.25) is 0 Å². The van der Waals surface area contributed by atoms with Crippen molar-refractivity contribution in [2.24, 2.45) is 5.73 Å². The summed E-state index contributed by atoms with van der Waals surface area (Å²) in [5, 5.41) is 0. The van der Waals surface area contributed by atoms with Gasteiger partial charge in [-0.15, -0.1) is 0 Å². The number of ether oxygens (including phenoxy) is 1. The Morgan fingerprint density at radius 2 is 2.00 bits per heavy atom. The highest BCUT2D eigenvalue weighted by Gasteiger charge is 2.07. The number of thiocarbonyl (C=S) groups is 1. The molecule has 0 atom stereocenters. The van der Waals surface area contributed by atoms with Gasteiger partial charge in [-0.05, 0) is 32.1 Å². The zero-order valence-electron chi connectivity index (χ0n) is 11.4. The summed E-state index contributed by atoms with van der Waals surface area (Å²) in [6.07, 6.45) is 0. The highest BCUT2D eigenvalue weighted by atomic mass is 32.1. The van der Waals surface area contributed by atoms with E-state index in [1.807, 2.05) is 25.1 Å². The van der Waals surface area contributed by atoms with Crippen LogP contribution in [-0.4, -0.2) is 36.1 Å². The molecule has 100 valence electrons. The normalized spacial score (nSPS) is 10.7. The fourth-order valence-electron chi connectivity index (χ4n) is 1.79. The van der Waals surface area contributed by atoms with Crippen LogP contribution < -0.4 is 10.5 Å². The van der Waals surface area contributed by atoms with Crippen LogP contribution in [0, 0.1) is 6.92 Å². The molecular formula is C14H22N2OS. The third kappa shape index (κ3) is 4.27. The summed E-state index contributed by atoms with van der Waals surface area (Å²) in [5.41, 5.74) is 7.67. The average Bonchev–Trinajstić information content (AvgIpc) is 2.36. The third-order valence-electron chi connectivity index (χ3n) is 2.96. The summed E-state index contributed by atoms with van der Waals surface area (Å²) in [4.78, 5) is 2.70. The van der Waals surface area contributed by atoms with Crippen LogP contribution in [0.1, 0.15) is 25.0 Å². The van der Waals surface area contributed by atoms with Crippen molar-refractivity contribution in [1.82, 2.24) is 4.90 Å². The van der Waals surface area contributed by atoms with Gasteiger partial charge in [0.1, 0.15) is 17.3 Å². The van der Waals surface area contributed by atoms with Crippen LogP contribution in [0.5, 0.6) is 5.75 Å². The van der Waals surface area contributed by atoms with E-state index in [0.29, 0.717) is 11.6 Å². The Bertz CT molecular complexity index is 403. The molecule has 0 radical (unpaired) electrons. The van der Waals surface area contributed by atoms with Gasteiger partial charge < -0.3 is 15.4 Å². The molecule has 3 nitrogen and oxygen atoms in total. The maximum absolute atomic E-state index is 5.78. The summed E-state index contributed by atoms with van der Waals surface area (Å²) in [6.45, 7) is 9.96. The first kappa shape index (κ1) is 14.9. The molecule has 0 aliphatic carbocycles. The topological polar surface area (TPSA) is 38.5 Å². The van der Waals surface area contributed by atoms with Crippen molar-refractivity contribution in [2.45, 2.75) is 20.8 Å². The van der Waals surface area contributed by atoms with E-state index in [0.717, 1.165) is 36.5 Å². The van der Waals surface area contributed by atoms with Gasteiger partial charge in [-0.2, -0.15) is 0 Å². The molecule has 0 unspecified atom stereocenters. The van der Waals surface area contributed by atoms with E-state index in [4.69, 9.17) is 22.7 Å². The molecular weight excluding hydrogens is 244 g/mol. The van der Waals surface area contributed by atoms with Crippen LogP contribution in [-0.2, 0) is 0 Å². The number of nitrogens with zero attached hydrogens (tertiary/aromatic N) is 1. The molecule has 1 rings (SSSR count). The number of hydrogen-bond donors (Lipinski definition) is 1. The summed E-state index contributed by atoms with van der Waals surface area (Å²) >= 11 is 5.04. The maximum atomic E-state index is 5.78. The lowest BCUT2D eigenvalue weighted by Gasteiger charge is -2.19. The molecule has 0 saturated carbocycles. The number of rotatable bonds is 7. The van der Waals surface area contributed by atoms with Crippen LogP contribution in [0.25, 0.3) is 0 Å². The van der Waals surface area contributed by atoms with Crippen molar-refractivity contribution < 1.29 is 4.74 Å². The molecule has 4 heteroatoms. The highest BCUT2D eigenvalue weighted by molar-refractivity contribution is 7.80. The molecule has 0 amide bonds. The smallest absolute Gasteiger partial charge is 0.129 e. The molecule has 2 N–H and O–H groups in total. The third-order valence-corrected chi connectivity index (χ3v) is 3.18. The fraction of sp³-hybridized carbons (Fsp3) is 0.500. The summed E-state index contributed by atoms with van der Waals surface area (Å²) in [6, 6.07) is 5.91. The zero-order valence-corrected chi connectivity index (χ0v) is 12.2. The lowest BCUT2D eigenvalue weighted by atomic mass is 10.1. The molecule has 1 aromatic carbocycles. The Morgan fingerprint density at radius 3 is 2.56 bits per heavy atom. The van der Waals surface area contributed by atoms with Crippen LogP contribution >= 0.6 is 12.2 Å². The van der Waals surface area contributed by atoms with Crippen LogP contribution in [0.2, 0.25) is 0 Å². The predicted octanol–water partition coefficient (Wildman–Crippen LogP) is 2.35.